The Bertz CT molecular complexity index is 570. The first-order valence-electron chi connectivity index (χ1n) is 6.16. The quantitative estimate of drug-likeness (QED) is 0.581. The smallest absolute Gasteiger partial charge is 0.0758 e. The maximum atomic E-state index is 5.78. The summed E-state index contributed by atoms with van der Waals surface area (Å²) in [5.74, 6) is 6.98. The molecule has 2 aromatic rings. The second-order valence-corrected chi connectivity index (χ2v) is 8.59. The van der Waals surface area contributed by atoms with Gasteiger partial charge in [0.05, 0.1) is 13.6 Å². The Morgan fingerprint density at radius 1 is 1.26 bits per heavy atom. The topological polar surface area (TPSA) is 38.0 Å². The van der Waals surface area contributed by atoms with E-state index in [-0.39, 0.29) is 6.04 Å². The van der Waals surface area contributed by atoms with E-state index < -0.39 is 0 Å². The molecule has 1 heterocycles. The number of halogens is 2. The first-order chi connectivity index (χ1) is 9.20. The van der Waals surface area contributed by atoms with Crippen molar-refractivity contribution in [3.8, 4) is 0 Å². The first-order valence-corrected chi connectivity index (χ1v) is 8.56. The molecule has 100 valence electrons. The number of nitrogens with one attached hydrogen (secondary N) is 1. The minimum Gasteiger partial charge on any atom is -0.271 e. The summed E-state index contributed by atoms with van der Waals surface area (Å²) in [6, 6.07) is 13.0. The van der Waals surface area contributed by atoms with Crippen molar-refractivity contribution in [1.29, 1.82) is 0 Å². The molecule has 1 aromatic carbocycles. The Balaban J connectivity index is 1.81. The van der Waals surface area contributed by atoms with E-state index >= 15 is 0 Å². The van der Waals surface area contributed by atoms with Crippen LogP contribution in [0.15, 0.2) is 44.0 Å². The first kappa shape index (κ1) is 13.8. The van der Waals surface area contributed by atoms with E-state index in [1.165, 1.54) is 17.5 Å². The van der Waals surface area contributed by atoms with Crippen molar-refractivity contribution in [3.63, 3.8) is 0 Å². The van der Waals surface area contributed by atoms with Gasteiger partial charge in [0, 0.05) is 0 Å². The zero-order chi connectivity index (χ0) is 13.4. The summed E-state index contributed by atoms with van der Waals surface area (Å²) in [6.07, 6.45) is 1.19. The van der Waals surface area contributed by atoms with Gasteiger partial charge in [0.1, 0.15) is 0 Å². The molecule has 5 heteroatoms. The molecule has 1 aromatic heterocycles. The highest BCUT2D eigenvalue weighted by Crippen LogP contribution is 2.55. The summed E-state index contributed by atoms with van der Waals surface area (Å²) in [7, 11) is 0. The molecule has 0 spiro atoms. The second kappa shape index (κ2) is 5.66. The van der Waals surface area contributed by atoms with Crippen LogP contribution in [-0.2, 0) is 0 Å². The fourth-order valence-electron chi connectivity index (χ4n) is 2.68. The Labute approximate surface area is 133 Å². The van der Waals surface area contributed by atoms with Crippen LogP contribution >= 0.6 is 43.2 Å². The van der Waals surface area contributed by atoms with E-state index in [4.69, 9.17) is 5.84 Å². The molecular weight excluding hydrogens is 388 g/mol. The van der Waals surface area contributed by atoms with Crippen molar-refractivity contribution >= 4 is 43.2 Å². The van der Waals surface area contributed by atoms with Gasteiger partial charge in [-0.25, -0.2) is 0 Å². The fraction of sp³-hybridized carbons (Fsp3) is 0.286. The van der Waals surface area contributed by atoms with Crippen molar-refractivity contribution in [2.75, 3.05) is 0 Å². The minimum absolute atomic E-state index is 0.210. The van der Waals surface area contributed by atoms with Crippen LogP contribution in [0.3, 0.4) is 0 Å². The largest absolute Gasteiger partial charge is 0.271 e. The highest BCUT2D eigenvalue weighted by atomic mass is 79.9. The SMILES string of the molecule is NNC(c1cc(Br)sc1Br)C1CC1c1ccccc1. The molecule has 1 fully saturated rings. The predicted molar refractivity (Wildman–Crippen MR) is 87.1 cm³/mol. The van der Waals surface area contributed by atoms with Crippen LogP contribution in [0.2, 0.25) is 0 Å². The monoisotopic (exact) mass is 400 g/mol. The third kappa shape index (κ3) is 2.81. The lowest BCUT2D eigenvalue weighted by Crippen LogP contribution is -2.29. The zero-order valence-corrected chi connectivity index (χ0v) is 14.1. The molecule has 0 radical (unpaired) electrons. The molecule has 3 unspecified atom stereocenters. The summed E-state index contributed by atoms with van der Waals surface area (Å²) in [5, 5.41) is 0. The van der Waals surface area contributed by atoms with Gasteiger partial charge in [-0.05, 0) is 67.3 Å². The van der Waals surface area contributed by atoms with Crippen molar-refractivity contribution < 1.29 is 0 Å². The third-order valence-corrected chi connectivity index (χ3v) is 6.08. The van der Waals surface area contributed by atoms with Crippen LogP contribution in [0.5, 0.6) is 0 Å². The molecule has 0 amide bonds. The molecule has 1 aliphatic carbocycles. The number of rotatable bonds is 4. The minimum atomic E-state index is 0.210. The number of hydrogen-bond acceptors (Lipinski definition) is 3. The summed E-state index contributed by atoms with van der Waals surface area (Å²) in [4.78, 5) is 0. The fourth-order valence-corrected chi connectivity index (χ4v) is 5.60. The number of hydrazine groups is 1. The Hall–Kier alpha value is -0.200. The molecule has 3 rings (SSSR count). The van der Waals surface area contributed by atoms with Crippen molar-refractivity contribution in [3.05, 3.63) is 55.1 Å². The van der Waals surface area contributed by atoms with E-state index in [9.17, 15) is 0 Å². The van der Waals surface area contributed by atoms with E-state index in [1.54, 1.807) is 11.3 Å². The molecule has 3 N–H and O–H groups in total. The van der Waals surface area contributed by atoms with Crippen molar-refractivity contribution in [2.24, 2.45) is 11.8 Å². The summed E-state index contributed by atoms with van der Waals surface area (Å²) in [5.41, 5.74) is 5.66. The van der Waals surface area contributed by atoms with Crippen LogP contribution in [0.1, 0.15) is 29.5 Å². The van der Waals surface area contributed by atoms with E-state index in [0.29, 0.717) is 11.8 Å². The molecular formula is C14H14Br2N2S. The maximum absolute atomic E-state index is 5.78. The molecule has 0 bridgehead atoms. The van der Waals surface area contributed by atoms with Crippen molar-refractivity contribution in [1.82, 2.24) is 5.43 Å². The van der Waals surface area contributed by atoms with Gasteiger partial charge in [0.2, 0.25) is 0 Å². The normalized spacial score (nSPS) is 23.3. The average molecular weight is 402 g/mol. The van der Waals surface area contributed by atoms with Crippen LogP contribution in [0.4, 0.5) is 0 Å². The lowest BCUT2D eigenvalue weighted by atomic mass is 10.0. The Morgan fingerprint density at radius 3 is 2.58 bits per heavy atom. The number of thiophene rings is 1. The van der Waals surface area contributed by atoms with Gasteiger partial charge in [0.25, 0.3) is 0 Å². The van der Waals surface area contributed by atoms with Crippen molar-refractivity contribution in [2.45, 2.75) is 18.4 Å². The molecule has 2 nitrogen and oxygen atoms in total. The van der Waals surface area contributed by atoms with Gasteiger partial charge >= 0.3 is 0 Å². The van der Waals surface area contributed by atoms with Crippen LogP contribution < -0.4 is 11.3 Å². The van der Waals surface area contributed by atoms with E-state index in [2.05, 4.69) is 73.7 Å². The molecule has 19 heavy (non-hydrogen) atoms. The predicted octanol–water partition coefficient (Wildman–Crippen LogP) is 4.58. The molecule has 3 atom stereocenters. The summed E-state index contributed by atoms with van der Waals surface area (Å²) >= 11 is 8.85. The number of benzene rings is 1. The summed E-state index contributed by atoms with van der Waals surface area (Å²) in [6.45, 7) is 0. The Kier molecular flexibility index (Phi) is 4.10. The van der Waals surface area contributed by atoms with Crippen LogP contribution in [-0.4, -0.2) is 0 Å². The van der Waals surface area contributed by atoms with Gasteiger partial charge < -0.3 is 0 Å². The third-order valence-electron chi connectivity index (χ3n) is 3.69. The van der Waals surface area contributed by atoms with E-state index in [0.717, 1.165) is 7.57 Å². The standard InChI is InChI=1S/C14H14Br2N2S/c15-12-7-11(14(16)19-12)13(18-17)10-6-9(10)8-4-2-1-3-5-8/h1-5,7,9-10,13,18H,6,17H2. The lowest BCUT2D eigenvalue weighted by Gasteiger charge is -2.15. The highest BCUT2D eigenvalue weighted by Gasteiger charge is 2.44. The molecule has 0 aliphatic heterocycles. The average Bonchev–Trinajstić information content (AvgIpc) is 3.12. The van der Waals surface area contributed by atoms with Crippen LogP contribution in [0, 0.1) is 5.92 Å². The molecule has 1 saturated carbocycles. The number of hydrogen-bond donors (Lipinski definition) is 2. The van der Waals surface area contributed by atoms with Crippen LogP contribution in [0.25, 0.3) is 0 Å². The lowest BCUT2D eigenvalue weighted by molar-refractivity contribution is 0.487. The van der Waals surface area contributed by atoms with Gasteiger partial charge in [-0.15, -0.1) is 11.3 Å². The number of nitrogens with two attached hydrogens (primary N) is 1. The van der Waals surface area contributed by atoms with Gasteiger partial charge in [-0.2, -0.15) is 0 Å². The van der Waals surface area contributed by atoms with Gasteiger partial charge in [-0.1, -0.05) is 30.3 Å². The maximum Gasteiger partial charge on any atom is 0.0758 e. The highest BCUT2D eigenvalue weighted by molar-refractivity contribution is 9.12. The zero-order valence-electron chi connectivity index (χ0n) is 10.1. The molecule has 1 aliphatic rings. The van der Waals surface area contributed by atoms with Gasteiger partial charge in [0.15, 0.2) is 0 Å². The molecule has 0 saturated heterocycles. The van der Waals surface area contributed by atoms with E-state index in [1.807, 2.05) is 0 Å². The Morgan fingerprint density at radius 2 is 2.00 bits per heavy atom. The van der Waals surface area contributed by atoms with Gasteiger partial charge in [-0.3, -0.25) is 11.3 Å². The summed E-state index contributed by atoms with van der Waals surface area (Å²) < 4.78 is 2.28. The second-order valence-electron chi connectivity index (χ2n) is 4.84.